The molecule has 104 valence electrons. The van der Waals surface area contributed by atoms with Crippen molar-refractivity contribution in [1.29, 1.82) is 0 Å². The molecule has 1 atom stereocenters. The third kappa shape index (κ3) is 2.44. The average Bonchev–Trinajstić information content (AvgIpc) is 2.88. The highest BCUT2D eigenvalue weighted by atomic mass is 16.5. The molecule has 0 aliphatic carbocycles. The molecule has 1 aliphatic rings. The minimum atomic E-state index is 0.0909. The van der Waals surface area contributed by atoms with Gasteiger partial charge in [-0.3, -0.25) is 0 Å². The molecule has 1 aliphatic heterocycles. The molecule has 2 aromatic rings. The molecule has 1 aromatic carbocycles. The highest BCUT2D eigenvalue weighted by Crippen LogP contribution is 2.27. The molecule has 20 heavy (non-hydrogen) atoms. The Labute approximate surface area is 119 Å². The van der Waals surface area contributed by atoms with Crippen molar-refractivity contribution in [3.05, 3.63) is 29.5 Å². The van der Waals surface area contributed by atoms with Gasteiger partial charge in [0.2, 0.25) is 0 Å². The van der Waals surface area contributed by atoms with E-state index in [0.717, 1.165) is 42.3 Å². The van der Waals surface area contributed by atoms with E-state index in [1.807, 2.05) is 10.9 Å². The quantitative estimate of drug-likeness (QED) is 0.735. The number of hydrogen-bond acceptors (Lipinski definition) is 2. The largest absolute Gasteiger partial charge is 0.356 e. The van der Waals surface area contributed by atoms with Crippen molar-refractivity contribution < 1.29 is 4.74 Å². The lowest BCUT2D eigenvalue weighted by Gasteiger charge is -2.23. The molecule has 3 heteroatoms. The number of ether oxygens (including phenoxy) is 1. The minimum absolute atomic E-state index is 0.0909. The van der Waals surface area contributed by atoms with E-state index in [9.17, 15) is 0 Å². The molecule has 2 heterocycles. The molecule has 0 amide bonds. The number of nitrogens with zero attached hydrogens (tertiary/aromatic N) is 2. The van der Waals surface area contributed by atoms with Crippen molar-refractivity contribution in [2.24, 2.45) is 0 Å². The van der Waals surface area contributed by atoms with Gasteiger partial charge in [0.25, 0.3) is 0 Å². The summed E-state index contributed by atoms with van der Waals surface area (Å²) in [5, 5.41) is 5.67. The highest BCUT2D eigenvalue weighted by molar-refractivity contribution is 5.81. The van der Waals surface area contributed by atoms with Gasteiger partial charge in [-0.15, -0.1) is 0 Å². The monoisotopic (exact) mass is 268 g/mol. The van der Waals surface area contributed by atoms with E-state index >= 15 is 0 Å². The Balaban J connectivity index is 2.02. The molecule has 0 bridgehead atoms. The summed E-state index contributed by atoms with van der Waals surface area (Å²) < 4.78 is 7.86. The Morgan fingerprint density at radius 2 is 2.30 bits per heavy atom. The first-order chi connectivity index (χ1) is 9.79. The van der Waals surface area contributed by atoms with Crippen molar-refractivity contribution in [1.82, 2.24) is 9.78 Å². The van der Waals surface area contributed by atoms with Crippen LogP contribution < -0.4 is 0 Å². The topological polar surface area (TPSA) is 27.1 Å². The van der Waals surface area contributed by atoms with Crippen molar-refractivity contribution in [2.45, 2.75) is 45.8 Å². The zero-order chi connectivity index (χ0) is 13.9. The second-order valence-electron chi connectivity index (χ2n) is 5.29. The van der Waals surface area contributed by atoms with Crippen LogP contribution in [0.2, 0.25) is 0 Å². The van der Waals surface area contributed by atoms with E-state index in [1.54, 1.807) is 0 Å². The number of rotatable bonds is 1. The van der Waals surface area contributed by atoms with Gasteiger partial charge >= 0.3 is 0 Å². The Hall–Kier alpha value is -1.79. The number of fused-ring (bicyclic) bond motifs is 1. The predicted octanol–water partition coefficient (Wildman–Crippen LogP) is 3.81. The van der Waals surface area contributed by atoms with E-state index < -0.39 is 0 Å². The second kappa shape index (κ2) is 5.68. The molecular formula is C17H20N2O. The summed E-state index contributed by atoms with van der Waals surface area (Å²) >= 11 is 0. The van der Waals surface area contributed by atoms with Gasteiger partial charge < -0.3 is 4.74 Å². The van der Waals surface area contributed by atoms with Gasteiger partial charge in [0.05, 0.1) is 11.7 Å². The van der Waals surface area contributed by atoms with E-state index in [-0.39, 0.29) is 6.23 Å². The molecule has 1 unspecified atom stereocenters. The Morgan fingerprint density at radius 3 is 3.05 bits per heavy atom. The van der Waals surface area contributed by atoms with Gasteiger partial charge in [0.15, 0.2) is 6.23 Å². The standard InChI is InChI=1S/C17H20N2O/c1-3-4-7-14-11-15-12-18-19(16(15)10-13(14)2)17-8-5-6-9-20-17/h10-12,17H,3,5-6,8-9H2,1-2H3. The van der Waals surface area contributed by atoms with E-state index in [0.29, 0.717) is 0 Å². The van der Waals surface area contributed by atoms with Crippen LogP contribution >= 0.6 is 0 Å². The number of aromatic nitrogens is 2. The Morgan fingerprint density at radius 1 is 1.40 bits per heavy atom. The Kier molecular flexibility index (Phi) is 3.75. The fraction of sp³-hybridized carbons (Fsp3) is 0.471. The lowest BCUT2D eigenvalue weighted by molar-refractivity contribution is -0.0366. The third-order valence-corrected chi connectivity index (χ3v) is 3.77. The smallest absolute Gasteiger partial charge is 0.150 e. The van der Waals surface area contributed by atoms with Gasteiger partial charge in [-0.05, 0) is 43.9 Å². The number of hydrogen-bond donors (Lipinski definition) is 0. The van der Waals surface area contributed by atoms with Crippen LogP contribution in [0.5, 0.6) is 0 Å². The first kappa shape index (κ1) is 13.2. The van der Waals surface area contributed by atoms with E-state index in [1.165, 1.54) is 12.0 Å². The zero-order valence-electron chi connectivity index (χ0n) is 12.1. The van der Waals surface area contributed by atoms with Crippen LogP contribution in [0.3, 0.4) is 0 Å². The SMILES string of the molecule is CCC#Cc1cc2cnn(C3CCCCO3)c2cc1C. The van der Waals surface area contributed by atoms with E-state index in [2.05, 4.69) is 42.9 Å². The van der Waals surface area contributed by atoms with Crippen molar-refractivity contribution in [3.8, 4) is 11.8 Å². The van der Waals surface area contributed by atoms with Crippen LogP contribution in [0.4, 0.5) is 0 Å². The van der Waals surface area contributed by atoms with Crippen molar-refractivity contribution in [2.75, 3.05) is 6.61 Å². The van der Waals surface area contributed by atoms with Crippen molar-refractivity contribution >= 4 is 10.9 Å². The summed E-state index contributed by atoms with van der Waals surface area (Å²) in [5.74, 6) is 6.36. The molecule has 3 rings (SSSR count). The predicted molar refractivity (Wildman–Crippen MR) is 80.5 cm³/mol. The minimum Gasteiger partial charge on any atom is -0.356 e. The zero-order valence-corrected chi connectivity index (χ0v) is 12.1. The molecule has 1 saturated heterocycles. The van der Waals surface area contributed by atoms with Gasteiger partial charge in [-0.1, -0.05) is 18.8 Å². The van der Waals surface area contributed by atoms with Crippen LogP contribution in [0.1, 0.15) is 50.0 Å². The number of benzene rings is 1. The molecule has 0 N–H and O–H groups in total. The highest BCUT2D eigenvalue weighted by Gasteiger charge is 2.18. The lowest BCUT2D eigenvalue weighted by Crippen LogP contribution is -2.18. The molecule has 0 radical (unpaired) electrons. The van der Waals surface area contributed by atoms with Crippen LogP contribution in [0.25, 0.3) is 10.9 Å². The first-order valence-electron chi connectivity index (χ1n) is 7.38. The number of aryl methyl sites for hydroxylation is 1. The summed E-state index contributed by atoms with van der Waals surface area (Å²) in [6.45, 7) is 5.02. The lowest BCUT2D eigenvalue weighted by atomic mass is 10.1. The van der Waals surface area contributed by atoms with Gasteiger partial charge in [0, 0.05) is 24.0 Å². The molecule has 3 nitrogen and oxygen atoms in total. The van der Waals surface area contributed by atoms with Crippen LogP contribution in [0, 0.1) is 18.8 Å². The summed E-state index contributed by atoms with van der Waals surface area (Å²) in [6, 6.07) is 4.32. The molecular weight excluding hydrogens is 248 g/mol. The van der Waals surface area contributed by atoms with Gasteiger partial charge in [-0.25, -0.2) is 4.68 Å². The molecule has 0 saturated carbocycles. The second-order valence-corrected chi connectivity index (χ2v) is 5.29. The maximum absolute atomic E-state index is 5.84. The summed E-state index contributed by atoms with van der Waals surface area (Å²) in [5.41, 5.74) is 3.45. The fourth-order valence-corrected chi connectivity index (χ4v) is 2.66. The van der Waals surface area contributed by atoms with Crippen molar-refractivity contribution in [3.63, 3.8) is 0 Å². The maximum Gasteiger partial charge on any atom is 0.150 e. The van der Waals surface area contributed by atoms with E-state index in [4.69, 9.17) is 4.74 Å². The summed E-state index contributed by atoms with van der Waals surface area (Å²) in [6.07, 6.45) is 6.31. The first-order valence-corrected chi connectivity index (χ1v) is 7.38. The normalized spacial score (nSPS) is 18.8. The van der Waals surface area contributed by atoms with Crippen LogP contribution in [-0.4, -0.2) is 16.4 Å². The van der Waals surface area contributed by atoms with Gasteiger partial charge in [-0.2, -0.15) is 5.10 Å². The third-order valence-electron chi connectivity index (χ3n) is 3.77. The fourth-order valence-electron chi connectivity index (χ4n) is 2.66. The Bertz CT molecular complexity index is 669. The maximum atomic E-state index is 5.84. The van der Waals surface area contributed by atoms with Crippen LogP contribution in [-0.2, 0) is 4.74 Å². The average molecular weight is 268 g/mol. The molecule has 0 spiro atoms. The summed E-state index contributed by atoms with van der Waals surface area (Å²) in [7, 11) is 0. The molecule has 1 aromatic heterocycles. The van der Waals surface area contributed by atoms with Gasteiger partial charge in [0.1, 0.15) is 0 Å². The summed E-state index contributed by atoms with van der Waals surface area (Å²) in [4.78, 5) is 0. The van der Waals surface area contributed by atoms with Crippen LogP contribution in [0.15, 0.2) is 18.3 Å². The molecule has 1 fully saturated rings.